The first-order chi connectivity index (χ1) is 7.78. The van der Waals surface area contributed by atoms with Gasteiger partial charge in [0.25, 0.3) is 0 Å². The van der Waals surface area contributed by atoms with Crippen LogP contribution in [0.4, 0.5) is 5.82 Å². The van der Waals surface area contributed by atoms with Gasteiger partial charge in [-0.1, -0.05) is 13.8 Å². The number of pyridine rings is 1. The lowest BCUT2D eigenvalue weighted by molar-refractivity contribution is 0.396. The Morgan fingerprint density at radius 1 is 1.31 bits per heavy atom. The molecule has 0 atom stereocenters. The molecule has 90 valence electrons. The standard InChI is InChI=1S/C11H16N2O.C2H6/c1-8-6-10(12-9-4-3-5-9)13-11(7-8)14-2;1-2/h6-7,9H,3-5H2,1-2H3,(H,12,13);1-2H3. The summed E-state index contributed by atoms with van der Waals surface area (Å²) < 4.78 is 5.12. The third-order valence-corrected chi connectivity index (χ3v) is 2.61. The average molecular weight is 222 g/mol. The number of hydrogen-bond donors (Lipinski definition) is 1. The van der Waals surface area contributed by atoms with E-state index in [2.05, 4.69) is 23.3 Å². The highest BCUT2D eigenvalue weighted by molar-refractivity contribution is 5.42. The molecule has 0 aliphatic heterocycles. The summed E-state index contributed by atoms with van der Waals surface area (Å²) in [5.74, 6) is 1.62. The van der Waals surface area contributed by atoms with E-state index in [1.807, 2.05) is 19.9 Å². The molecule has 1 aromatic rings. The monoisotopic (exact) mass is 222 g/mol. The van der Waals surface area contributed by atoms with Crippen molar-refractivity contribution in [2.75, 3.05) is 12.4 Å². The molecule has 0 amide bonds. The summed E-state index contributed by atoms with van der Waals surface area (Å²) in [5.41, 5.74) is 1.18. The van der Waals surface area contributed by atoms with E-state index >= 15 is 0 Å². The Bertz CT molecular complexity index is 322. The van der Waals surface area contributed by atoms with Crippen molar-refractivity contribution in [2.24, 2.45) is 0 Å². The third-order valence-electron chi connectivity index (χ3n) is 2.61. The average Bonchev–Trinajstić information content (AvgIpc) is 2.25. The largest absolute Gasteiger partial charge is 0.481 e. The Kier molecular flexibility index (Phi) is 5.09. The van der Waals surface area contributed by atoms with Crippen LogP contribution in [-0.4, -0.2) is 18.1 Å². The molecule has 16 heavy (non-hydrogen) atoms. The maximum Gasteiger partial charge on any atom is 0.215 e. The van der Waals surface area contributed by atoms with Crippen LogP contribution in [0.1, 0.15) is 38.7 Å². The molecule has 0 saturated heterocycles. The van der Waals surface area contributed by atoms with Gasteiger partial charge in [0.2, 0.25) is 5.88 Å². The second-order valence-corrected chi connectivity index (χ2v) is 3.84. The lowest BCUT2D eigenvalue weighted by atomic mass is 9.93. The minimum Gasteiger partial charge on any atom is -0.481 e. The van der Waals surface area contributed by atoms with Crippen molar-refractivity contribution in [3.63, 3.8) is 0 Å². The molecular weight excluding hydrogens is 200 g/mol. The number of nitrogens with one attached hydrogen (secondary N) is 1. The van der Waals surface area contributed by atoms with Crippen LogP contribution in [0.3, 0.4) is 0 Å². The minimum absolute atomic E-state index is 0.619. The van der Waals surface area contributed by atoms with Crippen LogP contribution < -0.4 is 10.1 Å². The number of aryl methyl sites for hydroxylation is 1. The summed E-state index contributed by atoms with van der Waals surface area (Å²) in [7, 11) is 1.65. The molecule has 1 fully saturated rings. The van der Waals surface area contributed by atoms with Crippen molar-refractivity contribution < 1.29 is 4.74 Å². The topological polar surface area (TPSA) is 34.1 Å². The van der Waals surface area contributed by atoms with E-state index in [1.54, 1.807) is 7.11 Å². The zero-order chi connectivity index (χ0) is 12.0. The molecule has 1 aromatic heterocycles. The lowest BCUT2D eigenvalue weighted by Crippen LogP contribution is -2.27. The summed E-state index contributed by atoms with van der Waals surface area (Å²) in [6.07, 6.45) is 3.86. The van der Waals surface area contributed by atoms with Crippen LogP contribution in [-0.2, 0) is 0 Å². The molecule has 2 rings (SSSR count). The number of aromatic nitrogens is 1. The highest BCUT2D eigenvalue weighted by Crippen LogP contribution is 2.23. The van der Waals surface area contributed by atoms with Crippen LogP contribution in [0, 0.1) is 6.92 Å². The van der Waals surface area contributed by atoms with E-state index in [1.165, 1.54) is 24.8 Å². The molecule has 1 N–H and O–H groups in total. The zero-order valence-corrected chi connectivity index (χ0v) is 10.7. The van der Waals surface area contributed by atoms with Crippen LogP contribution in [0.25, 0.3) is 0 Å². The van der Waals surface area contributed by atoms with Gasteiger partial charge in [-0.25, -0.2) is 0 Å². The Labute approximate surface area is 98.2 Å². The van der Waals surface area contributed by atoms with E-state index in [0.29, 0.717) is 11.9 Å². The first-order valence-corrected chi connectivity index (χ1v) is 6.07. The number of nitrogens with zero attached hydrogens (tertiary/aromatic N) is 1. The molecule has 0 spiro atoms. The Morgan fingerprint density at radius 2 is 2.00 bits per heavy atom. The Balaban J connectivity index is 0.000000606. The maximum absolute atomic E-state index is 5.12. The normalized spacial score (nSPS) is 14.5. The Morgan fingerprint density at radius 3 is 2.50 bits per heavy atom. The van der Waals surface area contributed by atoms with Gasteiger partial charge in [0.1, 0.15) is 5.82 Å². The van der Waals surface area contributed by atoms with Crippen molar-refractivity contribution in [2.45, 2.75) is 46.1 Å². The number of ether oxygens (including phenoxy) is 1. The van der Waals surface area contributed by atoms with E-state index < -0.39 is 0 Å². The summed E-state index contributed by atoms with van der Waals surface area (Å²) in [4.78, 5) is 4.34. The predicted octanol–water partition coefficient (Wildman–Crippen LogP) is 3.39. The minimum atomic E-state index is 0.619. The summed E-state index contributed by atoms with van der Waals surface area (Å²) >= 11 is 0. The van der Waals surface area contributed by atoms with Crippen molar-refractivity contribution in [3.8, 4) is 5.88 Å². The molecular formula is C13H22N2O. The highest BCUT2D eigenvalue weighted by atomic mass is 16.5. The van der Waals surface area contributed by atoms with Gasteiger partial charge in [0, 0.05) is 12.1 Å². The fourth-order valence-electron chi connectivity index (χ4n) is 1.58. The molecule has 0 radical (unpaired) electrons. The van der Waals surface area contributed by atoms with Gasteiger partial charge in [-0.05, 0) is 37.8 Å². The number of hydrogen-bond acceptors (Lipinski definition) is 3. The molecule has 0 aromatic carbocycles. The number of methoxy groups -OCH3 is 1. The quantitative estimate of drug-likeness (QED) is 0.851. The van der Waals surface area contributed by atoms with Gasteiger partial charge in [-0.3, -0.25) is 0 Å². The number of rotatable bonds is 3. The fraction of sp³-hybridized carbons (Fsp3) is 0.615. The molecule has 1 saturated carbocycles. The molecule has 0 unspecified atom stereocenters. The van der Waals surface area contributed by atoms with Crippen molar-refractivity contribution in [1.29, 1.82) is 0 Å². The van der Waals surface area contributed by atoms with Crippen LogP contribution in [0.5, 0.6) is 5.88 Å². The Hall–Kier alpha value is -1.25. The fourth-order valence-corrected chi connectivity index (χ4v) is 1.58. The molecule has 1 heterocycles. The predicted molar refractivity (Wildman–Crippen MR) is 68.1 cm³/mol. The van der Waals surface area contributed by atoms with E-state index in [-0.39, 0.29) is 0 Å². The van der Waals surface area contributed by atoms with Gasteiger partial charge in [-0.2, -0.15) is 4.98 Å². The van der Waals surface area contributed by atoms with Gasteiger partial charge in [0.05, 0.1) is 7.11 Å². The van der Waals surface area contributed by atoms with Crippen LogP contribution >= 0.6 is 0 Å². The summed E-state index contributed by atoms with van der Waals surface area (Å²) in [6, 6.07) is 4.61. The molecule has 1 aliphatic rings. The van der Waals surface area contributed by atoms with Gasteiger partial charge in [0.15, 0.2) is 0 Å². The smallest absolute Gasteiger partial charge is 0.215 e. The van der Waals surface area contributed by atoms with E-state index in [9.17, 15) is 0 Å². The van der Waals surface area contributed by atoms with Crippen molar-refractivity contribution in [3.05, 3.63) is 17.7 Å². The van der Waals surface area contributed by atoms with Crippen LogP contribution in [0.15, 0.2) is 12.1 Å². The maximum atomic E-state index is 5.12. The van der Waals surface area contributed by atoms with Gasteiger partial charge < -0.3 is 10.1 Å². The van der Waals surface area contributed by atoms with Gasteiger partial charge >= 0.3 is 0 Å². The molecule has 1 aliphatic carbocycles. The molecule has 3 nitrogen and oxygen atoms in total. The summed E-state index contributed by atoms with van der Waals surface area (Å²) in [6.45, 7) is 6.05. The van der Waals surface area contributed by atoms with Crippen molar-refractivity contribution >= 4 is 5.82 Å². The summed E-state index contributed by atoms with van der Waals surface area (Å²) in [5, 5.41) is 3.40. The van der Waals surface area contributed by atoms with Crippen molar-refractivity contribution in [1.82, 2.24) is 4.98 Å². The second-order valence-electron chi connectivity index (χ2n) is 3.84. The lowest BCUT2D eigenvalue weighted by Gasteiger charge is -2.27. The van der Waals surface area contributed by atoms with E-state index in [0.717, 1.165) is 5.82 Å². The second kappa shape index (κ2) is 6.36. The molecule has 3 heteroatoms. The van der Waals surface area contributed by atoms with Crippen LogP contribution in [0.2, 0.25) is 0 Å². The first-order valence-electron chi connectivity index (χ1n) is 6.07. The molecule has 0 bridgehead atoms. The van der Waals surface area contributed by atoms with Gasteiger partial charge in [-0.15, -0.1) is 0 Å². The zero-order valence-electron chi connectivity index (χ0n) is 10.7. The highest BCUT2D eigenvalue weighted by Gasteiger charge is 2.17. The first kappa shape index (κ1) is 12.8. The third kappa shape index (κ3) is 3.40. The number of anilines is 1. The SMILES string of the molecule is CC.COc1cc(C)cc(NC2CCC2)n1. The van der Waals surface area contributed by atoms with E-state index in [4.69, 9.17) is 4.74 Å².